The molecule has 0 bridgehead atoms. The largest absolute Gasteiger partial charge is 0.457 e. The highest BCUT2D eigenvalue weighted by molar-refractivity contribution is 6.25. The number of ketones is 1. The third-order valence-electron chi connectivity index (χ3n) is 4.52. The Balaban J connectivity index is 1.98. The Bertz CT molecular complexity index is 1270. The van der Waals surface area contributed by atoms with Gasteiger partial charge in [-0.3, -0.25) is 35.1 Å². The van der Waals surface area contributed by atoms with Crippen LogP contribution in [-0.2, 0) is 0 Å². The molecule has 0 unspecified atom stereocenters. The van der Waals surface area contributed by atoms with E-state index < -0.39 is 37.6 Å². The van der Waals surface area contributed by atoms with Crippen LogP contribution in [-0.4, -0.2) is 20.6 Å². The fraction of sp³-hybridized carbons (Fsp3) is 0. The Kier molecular flexibility index (Phi) is 4.20. The van der Waals surface area contributed by atoms with Crippen molar-refractivity contribution in [1.29, 1.82) is 0 Å². The fourth-order valence-electron chi connectivity index (χ4n) is 3.32. The predicted octanol–water partition coefficient (Wildman–Crippen LogP) is 4.41. The second-order valence-corrected chi connectivity index (χ2v) is 6.27. The van der Waals surface area contributed by atoms with Crippen LogP contribution in [0.15, 0.2) is 54.6 Å². The van der Waals surface area contributed by atoms with E-state index in [4.69, 9.17) is 4.74 Å². The third kappa shape index (κ3) is 2.90. The van der Waals surface area contributed by atoms with Crippen LogP contribution in [0.3, 0.4) is 0 Å². The van der Waals surface area contributed by atoms with Gasteiger partial charge < -0.3 is 4.74 Å². The predicted molar refractivity (Wildman–Crippen MR) is 102 cm³/mol. The minimum atomic E-state index is -0.910. The van der Waals surface area contributed by atoms with Crippen LogP contribution in [0.4, 0.5) is 17.1 Å². The minimum Gasteiger partial charge on any atom is -0.457 e. The molecule has 0 amide bonds. The lowest BCUT2D eigenvalue weighted by Gasteiger charge is -2.08. The number of nitro groups is 3. The second-order valence-electron chi connectivity index (χ2n) is 6.27. The summed E-state index contributed by atoms with van der Waals surface area (Å²) in [6.07, 6.45) is 0. The standard InChI is InChI=1S/C19H9N3O8/c23-19-13-6-10(20(24)25)7-15(21(26)27)17(13)18-14(19)8-12(9-16(18)22(28)29)30-11-4-2-1-3-5-11/h1-9H. The first-order valence-electron chi connectivity index (χ1n) is 8.35. The number of benzene rings is 3. The quantitative estimate of drug-likeness (QED) is 0.348. The molecule has 0 radical (unpaired) electrons. The highest BCUT2D eigenvalue weighted by atomic mass is 16.6. The number of carbonyl (C=O) groups is 1. The van der Waals surface area contributed by atoms with Crippen LogP contribution >= 0.6 is 0 Å². The van der Waals surface area contributed by atoms with Crippen molar-refractivity contribution >= 4 is 22.8 Å². The highest BCUT2D eigenvalue weighted by Crippen LogP contribution is 2.50. The van der Waals surface area contributed by atoms with E-state index in [2.05, 4.69) is 0 Å². The summed E-state index contributed by atoms with van der Waals surface area (Å²) in [7, 11) is 0. The van der Waals surface area contributed by atoms with Crippen molar-refractivity contribution in [1.82, 2.24) is 0 Å². The molecular formula is C19H9N3O8. The first-order valence-corrected chi connectivity index (χ1v) is 8.35. The molecular weight excluding hydrogens is 398 g/mol. The molecule has 0 saturated heterocycles. The second kappa shape index (κ2) is 6.74. The summed E-state index contributed by atoms with van der Waals surface area (Å²) in [4.78, 5) is 44.7. The molecule has 0 N–H and O–H groups in total. The number of nitro benzene ring substituents is 3. The molecule has 148 valence electrons. The van der Waals surface area contributed by atoms with Crippen LogP contribution in [0.25, 0.3) is 11.1 Å². The van der Waals surface area contributed by atoms with Gasteiger partial charge in [0.25, 0.3) is 17.1 Å². The SMILES string of the molecule is O=C1c2cc(Oc3ccccc3)cc([N+](=O)[O-])c2-c2c1cc([N+](=O)[O-])cc2[N+](=O)[O-]. The van der Waals surface area contributed by atoms with Gasteiger partial charge in [0.2, 0.25) is 0 Å². The lowest BCUT2D eigenvalue weighted by atomic mass is 10.0. The van der Waals surface area contributed by atoms with Gasteiger partial charge in [-0.1, -0.05) is 18.2 Å². The molecule has 3 aromatic rings. The minimum absolute atomic E-state index is 0.0232. The maximum atomic E-state index is 12.9. The number of para-hydroxylation sites is 1. The van der Waals surface area contributed by atoms with Gasteiger partial charge in [0.15, 0.2) is 5.78 Å². The number of fused-ring (bicyclic) bond motifs is 3. The van der Waals surface area contributed by atoms with E-state index in [0.29, 0.717) is 11.8 Å². The van der Waals surface area contributed by atoms with Crippen LogP contribution in [0.5, 0.6) is 11.5 Å². The molecule has 11 heteroatoms. The van der Waals surface area contributed by atoms with Crippen molar-refractivity contribution in [3.8, 4) is 22.6 Å². The summed E-state index contributed by atoms with van der Waals surface area (Å²) in [6, 6.07) is 12.1. The Morgan fingerprint density at radius 2 is 1.23 bits per heavy atom. The molecule has 1 aliphatic rings. The van der Waals surface area contributed by atoms with Crippen LogP contribution in [0, 0.1) is 30.3 Å². The van der Waals surface area contributed by atoms with Gasteiger partial charge in [-0.05, 0) is 18.2 Å². The molecule has 3 aromatic carbocycles. The Morgan fingerprint density at radius 1 is 0.667 bits per heavy atom. The number of non-ortho nitro benzene ring substituents is 1. The normalized spacial score (nSPS) is 11.5. The Hall–Kier alpha value is -4.67. The third-order valence-corrected chi connectivity index (χ3v) is 4.52. The van der Waals surface area contributed by atoms with E-state index in [9.17, 15) is 35.1 Å². The smallest absolute Gasteiger partial charge is 0.285 e. The molecule has 0 atom stereocenters. The zero-order chi connectivity index (χ0) is 21.6. The van der Waals surface area contributed by atoms with E-state index in [-0.39, 0.29) is 28.0 Å². The van der Waals surface area contributed by atoms with Gasteiger partial charge in [0, 0.05) is 17.2 Å². The Labute approximate surface area is 166 Å². The number of nitrogens with zero attached hydrogens (tertiary/aromatic N) is 3. The average Bonchev–Trinajstić information content (AvgIpc) is 2.99. The number of ether oxygens (including phenoxy) is 1. The molecule has 0 spiro atoms. The number of hydrogen-bond acceptors (Lipinski definition) is 8. The maximum absolute atomic E-state index is 12.9. The van der Waals surface area contributed by atoms with Gasteiger partial charge in [0.05, 0.1) is 38.0 Å². The van der Waals surface area contributed by atoms with E-state index in [1.54, 1.807) is 30.3 Å². The van der Waals surface area contributed by atoms with Gasteiger partial charge in [0.1, 0.15) is 11.5 Å². The monoisotopic (exact) mass is 407 g/mol. The van der Waals surface area contributed by atoms with Crippen molar-refractivity contribution < 1.29 is 24.3 Å². The van der Waals surface area contributed by atoms with Crippen molar-refractivity contribution in [3.05, 3.63) is 96.1 Å². The molecule has 30 heavy (non-hydrogen) atoms. The topological polar surface area (TPSA) is 156 Å². The highest BCUT2D eigenvalue weighted by Gasteiger charge is 2.41. The molecule has 11 nitrogen and oxygen atoms in total. The van der Waals surface area contributed by atoms with Crippen LogP contribution in [0.2, 0.25) is 0 Å². The first kappa shape index (κ1) is 18.7. The summed E-state index contributed by atoms with van der Waals surface area (Å²) < 4.78 is 5.58. The van der Waals surface area contributed by atoms with E-state index in [1.165, 1.54) is 6.07 Å². The number of hydrogen-bond donors (Lipinski definition) is 0. The van der Waals surface area contributed by atoms with Crippen molar-refractivity contribution in [2.75, 3.05) is 0 Å². The van der Waals surface area contributed by atoms with Crippen molar-refractivity contribution in [2.45, 2.75) is 0 Å². The molecule has 0 fully saturated rings. The summed E-state index contributed by atoms with van der Waals surface area (Å²) in [5.41, 5.74) is -3.12. The molecule has 0 aromatic heterocycles. The summed E-state index contributed by atoms with van der Waals surface area (Å²) in [5, 5.41) is 34.3. The van der Waals surface area contributed by atoms with Gasteiger partial charge >= 0.3 is 0 Å². The van der Waals surface area contributed by atoms with Crippen LogP contribution < -0.4 is 4.74 Å². The Morgan fingerprint density at radius 3 is 1.80 bits per heavy atom. The zero-order valence-electron chi connectivity index (χ0n) is 14.8. The molecule has 4 rings (SSSR count). The van der Waals surface area contributed by atoms with Crippen molar-refractivity contribution in [3.63, 3.8) is 0 Å². The molecule has 0 saturated carbocycles. The molecule has 1 aliphatic carbocycles. The maximum Gasteiger partial charge on any atom is 0.285 e. The van der Waals surface area contributed by atoms with E-state index >= 15 is 0 Å². The lowest BCUT2D eigenvalue weighted by molar-refractivity contribution is -0.394. The van der Waals surface area contributed by atoms with E-state index in [1.807, 2.05) is 0 Å². The fourth-order valence-corrected chi connectivity index (χ4v) is 3.32. The number of rotatable bonds is 5. The summed E-state index contributed by atoms with van der Waals surface area (Å²) in [6.45, 7) is 0. The summed E-state index contributed by atoms with van der Waals surface area (Å²) >= 11 is 0. The average molecular weight is 407 g/mol. The van der Waals surface area contributed by atoms with Crippen LogP contribution in [0.1, 0.15) is 15.9 Å². The summed E-state index contributed by atoms with van der Waals surface area (Å²) in [5.74, 6) is -0.463. The lowest BCUT2D eigenvalue weighted by Crippen LogP contribution is -1.99. The molecule has 0 aliphatic heterocycles. The van der Waals surface area contributed by atoms with Gasteiger partial charge in [-0.15, -0.1) is 0 Å². The van der Waals surface area contributed by atoms with Crippen molar-refractivity contribution in [2.24, 2.45) is 0 Å². The zero-order valence-corrected chi connectivity index (χ0v) is 14.8. The first-order chi connectivity index (χ1) is 14.3. The van der Waals surface area contributed by atoms with Gasteiger partial charge in [-0.2, -0.15) is 0 Å². The van der Waals surface area contributed by atoms with E-state index in [0.717, 1.165) is 12.1 Å². The number of carbonyl (C=O) groups excluding carboxylic acids is 1. The molecule has 0 heterocycles. The van der Waals surface area contributed by atoms with Gasteiger partial charge in [-0.25, -0.2) is 0 Å².